The summed E-state index contributed by atoms with van der Waals surface area (Å²) in [5.74, 6) is -0.703. The summed E-state index contributed by atoms with van der Waals surface area (Å²) in [4.78, 5) is 71.8. The Balaban J connectivity index is 5.19. The molecule has 0 aromatic heterocycles. The van der Waals surface area contributed by atoms with Gasteiger partial charge in [-0.1, -0.05) is 241 Å². The van der Waals surface area contributed by atoms with E-state index in [0.717, 1.165) is 102 Å². The Morgan fingerprint density at radius 2 is 0.582 bits per heavy atom. The second-order valence-electron chi connectivity index (χ2n) is 22.7. The predicted octanol–water partition coefficient (Wildman–Crippen LogP) is 16.1. The molecule has 3 N–H and O–H groups in total. The zero-order chi connectivity index (χ0) is 58.7. The van der Waals surface area contributed by atoms with Crippen molar-refractivity contribution in [3.8, 4) is 0 Å². The van der Waals surface area contributed by atoms with E-state index in [1.54, 1.807) is 0 Å². The maximum absolute atomic E-state index is 12.9. The number of carbonyl (C=O) groups is 4. The Bertz CT molecular complexity index is 1560. The fourth-order valence-corrected chi connectivity index (χ4v) is 10.4. The third-order valence-corrected chi connectivity index (χ3v) is 15.6. The summed E-state index contributed by atoms with van der Waals surface area (Å²) in [5, 5.41) is 10.5. The van der Waals surface area contributed by atoms with Crippen LogP contribution >= 0.6 is 15.6 Å². The van der Waals surface area contributed by atoms with E-state index >= 15 is 0 Å². The Kier molecular flexibility index (Phi) is 51.5. The van der Waals surface area contributed by atoms with Crippen LogP contribution in [-0.2, 0) is 65.4 Å². The summed E-state index contributed by atoms with van der Waals surface area (Å²) >= 11 is 0. The summed E-state index contributed by atoms with van der Waals surface area (Å²) < 4.78 is 67.6. The molecule has 0 aliphatic heterocycles. The zero-order valence-electron chi connectivity index (χ0n) is 50.7. The van der Waals surface area contributed by atoms with E-state index in [1.165, 1.54) is 103 Å². The van der Waals surface area contributed by atoms with Crippen LogP contribution in [0, 0.1) is 11.8 Å². The second kappa shape index (κ2) is 52.8. The van der Waals surface area contributed by atoms with Crippen LogP contribution in [-0.4, -0.2) is 96.7 Å². The Morgan fingerprint density at radius 1 is 0.342 bits per heavy atom. The summed E-state index contributed by atoms with van der Waals surface area (Å²) in [5.41, 5.74) is 0. The molecule has 0 heterocycles. The highest BCUT2D eigenvalue weighted by atomic mass is 31.2. The van der Waals surface area contributed by atoms with Gasteiger partial charge in [0.1, 0.15) is 19.3 Å². The molecule has 0 spiro atoms. The number of carbonyl (C=O) groups excluding carboxylic acids is 4. The van der Waals surface area contributed by atoms with E-state index < -0.39 is 97.5 Å². The summed E-state index contributed by atoms with van der Waals surface area (Å²) in [6.45, 7) is 9.30. The van der Waals surface area contributed by atoms with Crippen molar-refractivity contribution in [2.45, 2.75) is 310 Å². The summed E-state index contributed by atoms with van der Waals surface area (Å²) in [7, 11) is -9.87. The highest BCUT2D eigenvalue weighted by Crippen LogP contribution is 2.45. The molecule has 0 aromatic carbocycles. The van der Waals surface area contributed by atoms with E-state index in [9.17, 15) is 43.2 Å². The van der Waals surface area contributed by atoms with Crippen LogP contribution in [0.1, 0.15) is 292 Å². The van der Waals surface area contributed by atoms with Crippen LogP contribution in [0.4, 0.5) is 0 Å². The molecule has 17 nitrogen and oxygen atoms in total. The molecule has 0 amide bonds. The van der Waals surface area contributed by atoms with Gasteiger partial charge in [0.2, 0.25) is 0 Å². The number of aliphatic hydroxyl groups excluding tert-OH is 1. The molecule has 0 aromatic rings. The van der Waals surface area contributed by atoms with Gasteiger partial charge in [-0.05, 0) is 37.5 Å². The molecule has 2 unspecified atom stereocenters. The first-order valence-corrected chi connectivity index (χ1v) is 34.5. The topological polar surface area (TPSA) is 237 Å². The molecule has 0 rings (SSSR count). The van der Waals surface area contributed by atoms with Gasteiger partial charge in [0, 0.05) is 25.7 Å². The van der Waals surface area contributed by atoms with Gasteiger partial charge in [-0.3, -0.25) is 37.3 Å². The highest BCUT2D eigenvalue weighted by Gasteiger charge is 2.30. The van der Waals surface area contributed by atoms with Gasteiger partial charge in [0.05, 0.1) is 26.4 Å². The van der Waals surface area contributed by atoms with E-state index in [0.29, 0.717) is 31.6 Å². The van der Waals surface area contributed by atoms with Gasteiger partial charge in [0.25, 0.3) is 0 Å². The van der Waals surface area contributed by atoms with Gasteiger partial charge in [-0.2, -0.15) is 0 Å². The molecule has 0 saturated heterocycles. The third-order valence-electron chi connectivity index (χ3n) is 13.7. The molecule has 79 heavy (non-hydrogen) atoms. The molecular formula is C60H116O17P2. The van der Waals surface area contributed by atoms with Crippen LogP contribution in [0.3, 0.4) is 0 Å². The molecule has 468 valence electrons. The van der Waals surface area contributed by atoms with E-state index in [-0.39, 0.29) is 25.7 Å². The number of unbranched alkanes of at least 4 members (excludes halogenated alkanes) is 29. The minimum atomic E-state index is -4.94. The van der Waals surface area contributed by atoms with Gasteiger partial charge in [-0.25, -0.2) is 9.13 Å². The maximum Gasteiger partial charge on any atom is 0.472 e. The largest absolute Gasteiger partial charge is 0.472 e. The van der Waals surface area contributed by atoms with Crippen molar-refractivity contribution in [1.29, 1.82) is 0 Å². The number of ether oxygens (including phenoxy) is 4. The lowest BCUT2D eigenvalue weighted by molar-refractivity contribution is -0.161. The van der Waals surface area contributed by atoms with Crippen LogP contribution in [0.25, 0.3) is 0 Å². The van der Waals surface area contributed by atoms with Crippen molar-refractivity contribution < 1.29 is 80.2 Å². The Labute approximate surface area is 479 Å². The first-order chi connectivity index (χ1) is 37.9. The number of esters is 4. The Morgan fingerprint density at radius 3 is 0.861 bits per heavy atom. The lowest BCUT2D eigenvalue weighted by Gasteiger charge is -2.21. The summed E-state index contributed by atoms with van der Waals surface area (Å²) in [6, 6.07) is 0. The molecule has 0 aliphatic rings. The average Bonchev–Trinajstić information content (AvgIpc) is 3.40. The predicted molar refractivity (Wildman–Crippen MR) is 312 cm³/mol. The molecule has 19 heteroatoms. The van der Waals surface area contributed by atoms with E-state index in [4.69, 9.17) is 37.0 Å². The van der Waals surface area contributed by atoms with Gasteiger partial charge >= 0.3 is 39.5 Å². The average molecular weight is 1170 g/mol. The van der Waals surface area contributed by atoms with Crippen molar-refractivity contribution in [2.24, 2.45) is 11.8 Å². The lowest BCUT2D eigenvalue weighted by atomic mass is 10.0. The molecule has 0 bridgehead atoms. The zero-order valence-corrected chi connectivity index (χ0v) is 52.4. The Hall–Kier alpha value is -1.94. The van der Waals surface area contributed by atoms with Crippen molar-refractivity contribution in [3.05, 3.63) is 0 Å². The minimum Gasteiger partial charge on any atom is -0.462 e. The first-order valence-electron chi connectivity index (χ1n) is 31.5. The summed E-state index contributed by atoms with van der Waals surface area (Å²) in [6.07, 6.45) is 33.8. The van der Waals surface area contributed by atoms with Crippen molar-refractivity contribution >= 4 is 39.5 Å². The third kappa shape index (κ3) is 55.0. The number of hydrogen-bond donors (Lipinski definition) is 3. The molecule has 0 saturated carbocycles. The van der Waals surface area contributed by atoms with Crippen molar-refractivity contribution in [3.63, 3.8) is 0 Å². The van der Waals surface area contributed by atoms with Crippen molar-refractivity contribution in [2.75, 3.05) is 39.6 Å². The molecule has 0 fully saturated rings. The molecule has 5 atom stereocenters. The number of phosphoric acid groups is 2. The van der Waals surface area contributed by atoms with Crippen LogP contribution in [0.5, 0.6) is 0 Å². The molecular weight excluding hydrogens is 1050 g/mol. The molecule has 0 radical (unpaired) electrons. The maximum atomic E-state index is 12.9. The van der Waals surface area contributed by atoms with Gasteiger partial charge in [-0.15, -0.1) is 0 Å². The number of aliphatic hydroxyl groups is 1. The monoisotopic (exact) mass is 1170 g/mol. The lowest BCUT2D eigenvalue weighted by Crippen LogP contribution is -2.30. The first kappa shape index (κ1) is 77.1. The van der Waals surface area contributed by atoms with Crippen LogP contribution < -0.4 is 0 Å². The van der Waals surface area contributed by atoms with Gasteiger partial charge < -0.3 is 33.8 Å². The number of rotatable bonds is 59. The standard InChI is InChI=1S/C60H116O17P2/c1-7-9-11-13-14-15-16-20-25-31-37-43-58(63)71-49-56(77-59(64)44-38-32-26-21-18-17-19-23-29-34-40-52(3)4)51-75-79(68,69)73-47-54(61)46-72-78(66,67)74-50-55(48-70-57(62)42-36-28-12-10-8-2)76-60(65)45-39-33-27-22-24-30-35-41-53(5)6/h52-56,61H,7-51H2,1-6H3,(H,66,67)(H,68,69)/t54-,55+,56+/m0/s1. The highest BCUT2D eigenvalue weighted by molar-refractivity contribution is 7.47. The molecule has 0 aliphatic carbocycles. The van der Waals surface area contributed by atoms with Gasteiger partial charge in [0.15, 0.2) is 12.2 Å². The smallest absolute Gasteiger partial charge is 0.462 e. The van der Waals surface area contributed by atoms with E-state index in [2.05, 4.69) is 41.5 Å². The number of hydrogen-bond acceptors (Lipinski definition) is 15. The fraction of sp³-hybridized carbons (Fsp3) is 0.933. The quantitative estimate of drug-likeness (QED) is 0.0222. The van der Waals surface area contributed by atoms with E-state index in [1.807, 2.05) is 0 Å². The SMILES string of the molecule is CCCCCCCCCCCCCC(=O)OC[C@H](COP(=O)(O)OC[C@@H](O)COP(=O)(O)OC[C@@H](COC(=O)CCCCCCC)OC(=O)CCCCCCCCCC(C)C)OC(=O)CCCCCCCCCCCCC(C)C. The van der Waals surface area contributed by atoms with Crippen LogP contribution in [0.2, 0.25) is 0 Å². The number of phosphoric ester groups is 2. The normalized spacial score (nSPS) is 14.4. The minimum absolute atomic E-state index is 0.102. The second-order valence-corrected chi connectivity index (χ2v) is 25.6. The van der Waals surface area contributed by atoms with Crippen LogP contribution in [0.15, 0.2) is 0 Å². The fourth-order valence-electron chi connectivity index (χ4n) is 8.82. The van der Waals surface area contributed by atoms with Crippen molar-refractivity contribution in [1.82, 2.24) is 0 Å².